The van der Waals surface area contributed by atoms with Gasteiger partial charge in [0.2, 0.25) is 0 Å². The monoisotopic (exact) mass is 320 g/mol. The van der Waals surface area contributed by atoms with E-state index in [1.165, 1.54) is 6.92 Å². The highest BCUT2D eigenvalue weighted by molar-refractivity contribution is 6.01. The Balaban J connectivity index is 2.37. The number of methoxy groups -OCH3 is 2. The van der Waals surface area contributed by atoms with Crippen LogP contribution in [0.15, 0.2) is 28.8 Å². The fourth-order valence-corrected chi connectivity index (χ4v) is 2.11. The number of ether oxygens (including phenoxy) is 2. The van der Waals surface area contributed by atoms with Crippen LogP contribution >= 0.6 is 0 Å². The molecule has 1 amide bonds. The minimum Gasteiger partial charge on any atom is -0.497 e. The number of carbonyl (C=O) groups excluding carboxylic acids is 1. The van der Waals surface area contributed by atoms with Gasteiger partial charge in [0.1, 0.15) is 23.1 Å². The Morgan fingerprint density at radius 1 is 1.35 bits per heavy atom. The molecule has 1 aromatic carbocycles. The second-order valence-corrected chi connectivity index (χ2v) is 4.92. The van der Waals surface area contributed by atoms with Crippen molar-refractivity contribution in [1.29, 1.82) is 0 Å². The largest absolute Gasteiger partial charge is 0.497 e. The number of rotatable bonds is 7. The molecule has 1 heterocycles. The summed E-state index contributed by atoms with van der Waals surface area (Å²) in [6.45, 7) is 2.25. The summed E-state index contributed by atoms with van der Waals surface area (Å²) in [7, 11) is 3.13. The average molecular weight is 320 g/mol. The standard InChI is InChI=1S/C16H20N2O5/c1-10(19)15-13(16(20)17-8-9-21-2)14(18-23-15)11-4-6-12(22-3)7-5-11/h4-7,10,19H,8-9H2,1-3H3,(H,17,20)/t10-/m0/s1. The first-order chi connectivity index (χ1) is 11.1. The second-order valence-electron chi connectivity index (χ2n) is 4.92. The normalized spacial score (nSPS) is 12.0. The molecule has 0 spiro atoms. The molecule has 7 nitrogen and oxygen atoms in total. The van der Waals surface area contributed by atoms with Crippen LogP contribution in [0.5, 0.6) is 5.75 Å². The van der Waals surface area contributed by atoms with Crippen molar-refractivity contribution in [1.82, 2.24) is 10.5 Å². The Hall–Kier alpha value is -2.38. The topological polar surface area (TPSA) is 93.8 Å². The van der Waals surface area contributed by atoms with Crippen LogP contribution in [-0.2, 0) is 4.74 Å². The quantitative estimate of drug-likeness (QED) is 0.755. The van der Waals surface area contributed by atoms with Gasteiger partial charge in [0, 0.05) is 19.2 Å². The number of amides is 1. The highest BCUT2D eigenvalue weighted by Crippen LogP contribution is 2.30. The molecule has 0 saturated heterocycles. The van der Waals surface area contributed by atoms with Gasteiger partial charge in [-0.25, -0.2) is 0 Å². The first kappa shape index (κ1) is 17.0. The van der Waals surface area contributed by atoms with Gasteiger partial charge >= 0.3 is 0 Å². The highest BCUT2D eigenvalue weighted by atomic mass is 16.5. The van der Waals surface area contributed by atoms with Crippen LogP contribution in [0.1, 0.15) is 29.1 Å². The maximum absolute atomic E-state index is 12.4. The molecule has 1 atom stereocenters. The molecule has 0 aliphatic carbocycles. The van der Waals surface area contributed by atoms with Crippen molar-refractivity contribution in [3.63, 3.8) is 0 Å². The van der Waals surface area contributed by atoms with Crippen molar-refractivity contribution in [3.8, 4) is 17.0 Å². The fraction of sp³-hybridized carbons (Fsp3) is 0.375. The Bertz CT molecular complexity index is 649. The van der Waals surface area contributed by atoms with Gasteiger partial charge in [-0.05, 0) is 31.2 Å². The van der Waals surface area contributed by atoms with E-state index in [2.05, 4.69) is 10.5 Å². The van der Waals surface area contributed by atoms with E-state index in [0.717, 1.165) is 0 Å². The molecule has 1 aromatic heterocycles. The van der Waals surface area contributed by atoms with Gasteiger partial charge < -0.3 is 24.4 Å². The number of hydrogen-bond acceptors (Lipinski definition) is 6. The zero-order valence-electron chi connectivity index (χ0n) is 13.3. The van der Waals surface area contributed by atoms with Gasteiger partial charge in [-0.15, -0.1) is 0 Å². The molecule has 0 aliphatic rings. The summed E-state index contributed by atoms with van der Waals surface area (Å²) >= 11 is 0. The zero-order chi connectivity index (χ0) is 16.8. The molecular weight excluding hydrogens is 300 g/mol. The molecule has 2 rings (SSSR count). The highest BCUT2D eigenvalue weighted by Gasteiger charge is 2.26. The molecule has 124 valence electrons. The third-order valence-electron chi connectivity index (χ3n) is 3.28. The molecule has 7 heteroatoms. The molecule has 2 N–H and O–H groups in total. The number of benzene rings is 1. The van der Waals surface area contributed by atoms with E-state index in [9.17, 15) is 9.90 Å². The maximum Gasteiger partial charge on any atom is 0.257 e. The van der Waals surface area contributed by atoms with Crippen molar-refractivity contribution >= 4 is 5.91 Å². The van der Waals surface area contributed by atoms with Gasteiger partial charge in [-0.1, -0.05) is 5.16 Å². The lowest BCUT2D eigenvalue weighted by Crippen LogP contribution is -2.28. The first-order valence-electron chi connectivity index (χ1n) is 7.17. The SMILES string of the molecule is COCCNC(=O)c1c(-c2ccc(OC)cc2)noc1[C@H](C)O. The lowest BCUT2D eigenvalue weighted by Gasteiger charge is -2.08. The summed E-state index contributed by atoms with van der Waals surface area (Å²) in [5.74, 6) is 0.454. The lowest BCUT2D eigenvalue weighted by atomic mass is 10.0. The lowest BCUT2D eigenvalue weighted by molar-refractivity contribution is 0.0924. The number of aliphatic hydroxyl groups excluding tert-OH is 1. The van der Waals surface area contributed by atoms with Crippen molar-refractivity contribution < 1.29 is 23.9 Å². The summed E-state index contributed by atoms with van der Waals surface area (Å²) < 4.78 is 15.2. The molecule has 0 unspecified atom stereocenters. The van der Waals surface area contributed by atoms with Crippen LogP contribution < -0.4 is 10.1 Å². The Kier molecular flexibility index (Phi) is 5.72. The van der Waals surface area contributed by atoms with Crippen molar-refractivity contribution in [2.24, 2.45) is 0 Å². The predicted octanol–water partition coefficient (Wildman–Crippen LogP) is 1.78. The van der Waals surface area contributed by atoms with E-state index in [-0.39, 0.29) is 17.2 Å². The molecule has 0 bridgehead atoms. The number of nitrogens with zero attached hydrogens (tertiary/aromatic N) is 1. The van der Waals surface area contributed by atoms with E-state index >= 15 is 0 Å². The smallest absolute Gasteiger partial charge is 0.257 e. The van der Waals surface area contributed by atoms with Gasteiger partial charge in [0.05, 0.1) is 13.7 Å². The molecule has 0 radical (unpaired) electrons. The van der Waals surface area contributed by atoms with Crippen molar-refractivity contribution in [3.05, 3.63) is 35.6 Å². The third-order valence-corrected chi connectivity index (χ3v) is 3.28. The van der Waals surface area contributed by atoms with Crippen LogP contribution in [0, 0.1) is 0 Å². The van der Waals surface area contributed by atoms with Gasteiger partial charge in [0.15, 0.2) is 5.76 Å². The van der Waals surface area contributed by atoms with E-state index in [0.29, 0.717) is 30.2 Å². The molecule has 0 aliphatic heterocycles. The van der Waals surface area contributed by atoms with Crippen molar-refractivity contribution in [2.75, 3.05) is 27.4 Å². The summed E-state index contributed by atoms with van der Waals surface area (Å²) in [4.78, 5) is 12.4. The van der Waals surface area contributed by atoms with Crippen LogP contribution in [-0.4, -0.2) is 43.5 Å². The van der Waals surface area contributed by atoms with E-state index in [4.69, 9.17) is 14.0 Å². The van der Waals surface area contributed by atoms with Crippen molar-refractivity contribution in [2.45, 2.75) is 13.0 Å². The molecule has 23 heavy (non-hydrogen) atoms. The Morgan fingerprint density at radius 3 is 2.61 bits per heavy atom. The Labute approximate surface area is 134 Å². The van der Waals surface area contributed by atoms with Gasteiger partial charge in [-0.2, -0.15) is 0 Å². The number of aliphatic hydroxyl groups is 1. The summed E-state index contributed by atoms with van der Waals surface area (Å²) in [5.41, 5.74) is 1.29. The third kappa shape index (κ3) is 3.88. The molecule has 0 fully saturated rings. The first-order valence-corrected chi connectivity index (χ1v) is 7.17. The van der Waals surface area contributed by atoms with E-state index in [1.54, 1.807) is 38.5 Å². The number of carbonyl (C=O) groups is 1. The van der Waals surface area contributed by atoms with Gasteiger partial charge in [0.25, 0.3) is 5.91 Å². The number of aromatic nitrogens is 1. The second kappa shape index (κ2) is 7.75. The van der Waals surface area contributed by atoms with Crippen LogP contribution in [0.2, 0.25) is 0 Å². The molecule has 2 aromatic rings. The summed E-state index contributed by atoms with van der Waals surface area (Å²) in [6.07, 6.45) is -0.947. The van der Waals surface area contributed by atoms with E-state index in [1.807, 2.05) is 0 Å². The number of nitrogens with one attached hydrogen (secondary N) is 1. The minimum atomic E-state index is -0.947. The number of hydrogen-bond donors (Lipinski definition) is 2. The molecule has 0 saturated carbocycles. The Morgan fingerprint density at radius 2 is 2.04 bits per heavy atom. The fourth-order valence-electron chi connectivity index (χ4n) is 2.11. The van der Waals surface area contributed by atoms with Crippen LogP contribution in [0.3, 0.4) is 0 Å². The van der Waals surface area contributed by atoms with Crippen LogP contribution in [0.4, 0.5) is 0 Å². The predicted molar refractivity (Wildman–Crippen MR) is 83.3 cm³/mol. The van der Waals surface area contributed by atoms with E-state index < -0.39 is 6.10 Å². The molecular formula is C16H20N2O5. The maximum atomic E-state index is 12.4. The summed E-state index contributed by atoms with van der Waals surface area (Å²) in [5, 5.41) is 16.5. The minimum absolute atomic E-state index is 0.130. The average Bonchev–Trinajstić information content (AvgIpc) is 3.00. The zero-order valence-corrected chi connectivity index (χ0v) is 13.3. The summed E-state index contributed by atoms with van der Waals surface area (Å²) in [6, 6.07) is 7.07. The van der Waals surface area contributed by atoms with Crippen LogP contribution in [0.25, 0.3) is 11.3 Å². The van der Waals surface area contributed by atoms with Gasteiger partial charge in [-0.3, -0.25) is 4.79 Å².